The number of aromatic nitrogens is 4. The lowest BCUT2D eigenvalue weighted by atomic mass is 10.2. The van der Waals surface area contributed by atoms with Gasteiger partial charge in [0.1, 0.15) is 0 Å². The molecule has 0 fully saturated rings. The average Bonchev–Trinajstić information content (AvgIpc) is 2.39. The van der Waals surface area contributed by atoms with Crippen LogP contribution in [0, 0.1) is 0 Å². The number of rotatable bonds is 1. The molecule has 3 aromatic heterocycles. The molecule has 17 heavy (non-hydrogen) atoms. The van der Waals surface area contributed by atoms with Crippen LogP contribution in [-0.4, -0.2) is 19.9 Å². The molecule has 0 saturated heterocycles. The molecule has 4 nitrogen and oxygen atoms in total. The molecule has 0 amide bonds. The second-order valence-electron chi connectivity index (χ2n) is 3.36. The molecule has 3 heterocycles. The summed E-state index contributed by atoms with van der Waals surface area (Å²) in [6, 6.07) is 5.67. The van der Waals surface area contributed by atoms with Crippen molar-refractivity contribution in [2.45, 2.75) is 0 Å². The fourth-order valence-corrected chi connectivity index (χ4v) is 1.51. The Kier molecular flexibility index (Phi) is 3.25. The third-order valence-corrected chi connectivity index (χ3v) is 2.32. The van der Waals surface area contributed by atoms with Crippen molar-refractivity contribution in [3.8, 4) is 11.4 Å². The van der Waals surface area contributed by atoms with E-state index in [9.17, 15) is 0 Å². The first-order valence-electron chi connectivity index (χ1n) is 4.91. The zero-order valence-corrected chi connectivity index (χ0v) is 9.63. The van der Waals surface area contributed by atoms with Gasteiger partial charge in [0.2, 0.25) is 0 Å². The van der Waals surface area contributed by atoms with Crippen molar-refractivity contribution in [3.63, 3.8) is 0 Å². The topological polar surface area (TPSA) is 51.6 Å². The van der Waals surface area contributed by atoms with Gasteiger partial charge in [-0.05, 0) is 18.2 Å². The summed E-state index contributed by atoms with van der Waals surface area (Å²) in [7, 11) is 0. The lowest BCUT2D eigenvalue weighted by molar-refractivity contribution is 1.20. The summed E-state index contributed by atoms with van der Waals surface area (Å²) >= 11 is 0. The molecule has 0 atom stereocenters. The highest BCUT2D eigenvalue weighted by atomic mass is 35.5. The zero-order chi connectivity index (χ0) is 10.8. The minimum absolute atomic E-state index is 0. The van der Waals surface area contributed by atoms with Crippen LogP contribution in [0.5, 0.6) is 0 Å². The largest absolute Gasteiger partial charge is 0.265 e. The van der Waals surface area contributed by atoms with Crippen LogP contribution in [-0.2, 0) is 0 Å². The van der Waals surface area contributed by atoms with E-state index < -0.39 is 0 Å². The Balaban J connectivity index is 0.00000108. The summed E-state index contributed by atoms with van der Waals surface area (Å²) in [5.41, 5.74) is 1.81. The van der Waals surface area contributed by atoms with Gasteiger partial charge in [-0.1, -0.05) is 0 Å². The van der Waals surface area contributed by atoms with E-state index >= 15 is 0 Å². The van der Waals surface area contributed by atoms with Crippen molar-refractivity contribution in [2.24, 2.45) is 0 Å². The Morgan fingerprint density at radius 3 is 2.41 bits per heavy atom. The Hall–Kier alpha value is -2.07. The van der Waals surface area contributed by atoms with Crippen molar-refractivity contribution >= 4 is 23.3 Å². The number of hydrogen-bond acceptors (Lipinski definition) is 4. The maximum absolute atomic E-state index is 4.44. The SMILES string of the molecule is Cl.c1cc(-c2ncc3ccncc3n2)ccn1. The Morgan fingerprint density at radius 2 is 1.59 bits per heavy atom. The van der Waals surface area contributed by atoms with E-state index in [0.29, 0.717) is 5.82 Å². The molecule has 0 bridgehead atoms. The molecule has 0 aromatic carbocycles. The lowest BCUT2D eigenvalue weighted by Gasteiger charge is -2.00. The van der Waals surface area contributed by atoms with Gasteiger partial charge in [-0.2, -0.15) is 0 Å². The van der Waals surface area contributed by atoms with Gasteiger partial charge < -0.3 is 0 Å². The van der Waals surface area contributed by atoms with Crippen molar-refractivity contribution in [2.75, 3.05) is 0 Å². The first-order valence-corrected chi connectivity index (χ1v) is 4.91. The molecule has 0 spiro atoms. The number of nitrogens with zero attached hydrogens (tertiary/aromatic N) is 4. The van der Waals surface area contributed by atoms with Gasteiger partial charge in [0.25, 0.3) is 0 Å². The predicted molar refractivity (Wildman–Crippen MR) is 67.8 cm³/mol. The maximum atomic E-state index is 4.44. The molecular formula is C12H9ClN4. The van der Waals surface area contributed by atoms with Crippen molar-refractivity contribution in [3.05, 3.63) is 49.2 Å². The van der Waals surface area contributed by atoms with E-state index in [1.807, 2.05) is 18.2 Å². The third-order valence-electron chi connectivity index (χ3n) is 2.32. The molecule has 3 rings (SSSR count). The highest BCUT2D eigenvalue weighted by molar-refractivity contribution is 5.85. The monoisotopic (exact) mass is 244 g/mol. The molecule has 3 aromatic rings. The van der Waals surface area contributed by atoms with Crippen LogP contribution in [0.1, 0.15) is 0 Å². The van der Waals surface area contributed by atoms with Crippen LogP contribution in [0.4, 0.5) is 0 Å². The van der Waals surface area contributed by atoms with E-state index in [1.54, 1.807) is 31.0 Å². The van der Waals surface area contributed by atoms with Crippen LogP contribution in [0.25, 0.3) is 22.3 Å². The summed E-state index contributed by atoms with van der Waals surface area (Å²) < 4.78 is 0. The van der Waals surface area contributed by atoms with E-state index in [4.69, 9.17) is 0 Å². The first-order chi connectivity index (χ1) is 7.93. The molecular weight excluding hydrogens is 236 g/mol. The zero-order valence-electron chi connectivity index (χ0n) is 8.82. The van der Waals surface area contributed by atoms with Gasteiger partial charge in [-0.3, -0.25) is 9.97 Å². The van der Waals surface area contributed by atoms with E-state index in [1.165, 1.54) is 0 Å². The average molecular weight is 245 g/mol. The van der Waals surface area contributed by atoms with Crippen LogP contribution >= 0.6 is 12.4 Å². The summed E-state index contributed by atoms with van der Waals surface area (Å²) in [5.74, 6) is 0.697. The van der Waals surface area contributed by atoms with Gasteiger partial charge in [0, 0.05) is 35.7 Å². The molecule has 0 aliphatic heterocycles. The van der Waals surface area contributed by atoms with Gasteiger partial charge in [0.05, 0.1) is 11.7 Å². The fourth-order valence-electron chi connectivity index (χ4n) is 1.51. The second-order valence-corrected chi connectivity index (χ2v) is 3.36. The number of halogens is 1. The second kappa shape index (κ2) is 4.84. The lowest BCUT2D eigenvalue weighted by Crippen LogP contribution is -1.90. The van der Waals surface area contributed by atoms with Gasteiger partial charge in [-0.25, -0.2) is 9.97 Å². The van der Waals surface area contributed by atoms with Crippen molar-refractivity contribution in [1.29, 1.82) is 0 Å². The van der Waals surface area contributed by atoms with Crippen LogP contribution in [0.2, 0.25) is 0 Å². The van der Waals surface area contributed by atoms with Crippen molar-refractivity contribution < 1.29 is 0 Å². The van der Waals surface area contributed by atoms with Gasteiger partial charge in [-0.15, -0.1) is 12.4 Å². The quantitative estimate of drug-likeness (QED) is 0.660. The minimum atomic E-state index is 0. The van der Waals surface area contributed by atoms with Crippen molar-refractivity contribution in [1.82, 2.24) is 19.9 Å². The number of pyridine rings is 2. The molecule has 0 unspecified atom stereocenters. The van der Waals surface area contributed by atoms with Crippen LogP contribution < -0.4 is 0 Å². The predicted octanol–water partition coefficient (Wildman–Crippen LogP) is 2.51. The molecule has 0 radical (unpaired) electrons. The fraction of sp³-hybridized carbons (Fsp3) is 0. The highest BCUT2D eigenvalue weighted by Crippen LogP contribution is 2.16. The molecule has 0 saturated carbocycles. The third kappa shape index (κ3) is 2.21. The number of hydrogen-bond donors (Lipinski definition) is 0. The molecule has 0 aliphatic carbocycles. The van der Waals surface area contributed by atoms with E-state index in [-0.39, 0.29) is 12.4 Å². The Morgan fingerprint density at radius 1 is 0.824 bits per heavy atom. The molecule has 84 valence electrons. The minimum Gasteiger partial charge on any atom is -0.265 e. The molecule has 0 aliphatic rings. The standard InChI is InChI=1S/C12H8N4.ClH/c1-4-13-5-2-9(1)12-15-7-10-3-6-14-8-11(10)16-12;/h1-8H;1H. The summed E-state index contributed by atoms with van der Waals surface area (Å²) in [5, 5.41) is 0.993. The summed E-state index contributed by atoms with van der Waals surface area (Å²) in [4.78, 5) is 16.8. The normalized spacial score (nSPS) is 9.88. The number of fused-ring (bicyclic) bond motifs is 1. The van der Waals surface area contributed by atoms with Gasteiger partial charge >= 0.3 is 0 Å². The van der Waals surface area contributed by atoms with Crippen LogP contribution in [0.15, 0.2) is 49.2 Å². The Bertz CT molecular complexity index is 627. The smallest absolute Gasteiger partial charge is 0.159 e. The first kappa shape index (κ1) is 11.4. The molecule has 5 heteroatoms. The van der Waals surface area contributed by atoms with E-state index in [2.05, 4.69) is 19.9 Å². The van der Waals surface area contributed by atoms with Gasteiger partial charge in [0.15, 0.2) is 5.82 Å². The molecule has 0 N–H and O–H groups in total. The summed E-state index contributed by atoms with van der Waals surface area (Å²) in [6.45, 7) is 0. The Labute approximate surface area is 104 Å². The van der Waals surface area contributed by atoms with E-state index in [0.717, 1.165) is 16.5 Å². The van der Waals surface area contributed by atoms with Crippen LogP contribution in [0.3, 0.4) is 0 Å². The maximum Gasteiger partial charge on any atom is 0.159 e. The highest BCUT2D eigenvalue weighted by Gasteiger charge is 2.01. The summed E-state index contributed by atoms with van der Waals surface area (Å²) in [6.07, 6.45) is 8.73.